The van der Waals surface area contributed by atoms with Gasteiger partial charge in [0.15, 0.2) is 0 Å². The smallest absolute Gasteiger partial charge is 0.257 e. The molecule has 0 bridgehead atoms. The van der Waals surface area contributed by atoms with Crippen LogP contribution in [-0.2, 0) is 6.42 Å². The highest BCUT2D eigenvalue weighted by Crippen LogP contribution is 2.35. The summed E-state index contributed by atoms with van der Waals surface area (Å²) in [6, 6.07) is 1.83. The Labute approximate surface area is 135 Å². The number of thiazole rings is 1. The second kappa shape index (κ2) is 5.88. The van der Waals surface area contributed by atoms with E-state index in [-0.39, 0.29) is 5.91 Å². The Kier molecular flexibility index (Phi) is 4.08. The van der Waals surface area contributed by atoms with E-state index in [9.17, 15) is 4.79 Å². The SMILES string of the molecule is Cc1cc(C(=O)N(C)C[C@@H]2CCCc3sc(C)nc32)c(C)o1. The van der Waals surface area contributed by atoms with Crippen LogP contribution in [0, 0.1) is 20.8 Å². The van der Waals surface area contributed by atoms with Crippen LogP contribution in [-0.4, -0.2) is 29.4 Å². The maximum atomic E-state index is 12.6. The third kappa shape index (κ3) is 2.82. The molecule has 22 heavy (non-hydrogen) atoms. The number of nitrogens with zero attached hydrogens (tertiary/aromatic N) is 2. The van der Waals surface area contributed by atoms with Crippen LogP contribution in [0.2, 0.25) is 0 Å². The van der Waals surface area contributed by atoms with E-state index in [2.05, 4.69) is 6.92 Å². The average molecular weight is 318 g/mol. The molecule has 118 valence electrons. The molecule has 1 atom stereocenters. The minimum atomic E-state index is 0.0356. The van der Waals surface area contributed by atoms with Gasteiger partial charge in [-0.3, -0.25) is 4.79 Å². The number of rotatable bonds is 3. The number of carbonyl (C=O) groups is 1. The van der Waals surface area contributed by atoms with Crippen molar-refractivity contribution in [1.29, 1.82) is 0 Å². The summed E-state index contributed by atoms with van der Waals surface area (Å²) in [6.45, 7) is 6.50. The highest BCUT2D eigenvalue weighted by molar-refractivity contribution is 7.11. The van der Waals surface area contributed by atoms with Gasteiger partial charge in [-0.15, -0.1) is 11.3 Å². The summed E-state index contributed by atoms with van der Waals surface area (Å²) in [5.41, 5.74) is 1.89. The van der Waals surface area contributed by atoms with E-state index in [4.69, 9.17) is 9.40 Å². The van der Waals surface area contributed by atoms with E-state index in [0.717, 1.165) is 30.2 Å². The second-order valence-corrected chi connectivity index (χ2v) is 7.43. The lowest BCUT2D eigenvalue weighted by molar-refractivity contribution is 0.0781. The van der Waals surface area contributed by atoms with Gasteiger partial charge in [-0.2, -0.15) is 0 Å². The molecule has 0 saturated carbocycles. The molecule has 0 fully saturated rings. The van der Waals surface area contributed by atoms with Gasteiger partial charge in [0.25, 0.3) is 5.91 Å². The molecule has 2 heterocycles. The van der Waals surface area contributed by atoms with Gasteiger partial charge in [-0.25, -0.2) is 4.98 Å². The van der Waals surface area contributed by atoms with Crippen molar-refractivity contribution in [2.45, 2.75) is 46.0 Å². The Morgan fingerprint density at radius 1 is 1.45 bits per heavy atom. The van der Waals surface area contributed by atoms with Gasteiger partial charge in [-0.05, 0) is 46.1 Å². The Hall–Kier alpha value is -1.62. The fourth-order valence-electron chi connectivity index (χ4n) is 3.27. The summed E-state index contributed by atoms with van der Waals surface area (Å²) in [4.78, 5) is 20.5. The molecule has 0 unspecified atom stereocenters. The summed E-state index contributed by atoms with van der Waals surface area (Å²) >= 11 is 1.80. The summed E-state index contributed by atoms with van der Waals surface area (Å²) in [5, 5.41) is 1.13. The number of hydrogen-bond donors (Lipinski definition) is 0. The van der Waals surface area contributed by atoms with E-state index < -0.39 is 0 Å². The van der Waals surface area contributed by atoms with Crippen molar-refractivity contribution in [3.63, 3.8) is 0 Å². The van der Waals surface area contributed by atoms with Crippen molar-refractivity contribution < 1.29 is 9.21 Å². The molecule has 0 aliphatic heterocycles. The van der Waals surface area contributed by atoms with Crippen LogP contribution in [0.4, 0.5) is 0 Å². The maximum Gasteiger partial charge on any atom is 0.257 e. The van der Waals surface area contributed by atoms with Gasteiger partial charge in [0.1, 0.15) is 11.5 Å². The van der Waals surface area contributed by atoms with Crippen LogP contribution in [0.3, 0.4) is 0 Å². The van der Waals surface area contributed by atoms with E-state index in [1.807, 2.05) is 31.9 Å². The molecular weight excluding hydrogens is 296 g/mol. The van der Waals surface area contributed by atoms with Gasteiger partial charge >= 0.3 is 0 Å². The first-order chi connectivity index (χ1) is 10.5. The number of aryl methyl sites for hydroxylation is 4. The molecule has 0 radical (unpaired) electrons. The first-order valence-electron chi connectivity index (χ1n) is 7.74. The molecule has 1 aliphatic carbocycles. The molecule has 1 amide bonds. The van der Waals surface area contributed by atoms with Crippen molar-refractivity contribution in [3.8, 4) is 0 Å². The molecular formula is C17H22N2O2S. The molecule has 3 rings (SSSR count). The van der Waals surface area contributed by atoms with Gasteiger partial charge < -0.3 is 9.32 Å². The third-order valence-corrected chi connectivity index (χ3v) is 5.34. The highest BCUT2D eigenvalue weighted by Gasteiger charge is 2.27. The lowest BCUT2D eigenvalue weighted by Crippen LogP contribution is -2.32. The second-order valence-electron chi connectivity index (χ2n) is 6.14. The summed E-state index contributed by atoms with van der Waals surface area (Å²) in [6.07, 6.45) is 3.43. The number of hydrogen-bond acceptors (Lipinski definition) is 4. The number of carbonyl (C=O) groups excluding carboxylic acids is 1. The Bertz CT molecular complexity index is 702. The lowest BCUT2D eigenvalue weighted by Gasteiger charge is -2.26. The number of fused-ring (bicyclic) bond motifs is 1. The van der Waals surface area contributed by atoms with Crippen LogP contribution in [0.15, 0.2) is 10.5 Å². The van der Waals surface area contributed by atoms with Crippen molar-refractivity contribution in [1.82, 2.24) is 9.88 Å². The highest BCUT2D eigenvalue weighted by atomic mass is 32.1. The molecule has 0 saturated heterocycles. The Balaban J connectivity index is 1.76. The number of amides is 1. The summed E-state index contributed by atoms with van der Waals surface area (Å²) < 4.78 is 5.48. The average Bonchev–Trinajstić information content (AvgIpc) is 3.00. The third-order valence-electron chi connectivity index (χ3n) is 4.29. The molecule has 0 aromatic carbocycles. The quantitative estimate of drug-likeness (QED) is 0.863. The molecule has 2 aromatic heterocycles. The predicted octanol–water partition coefficient (Wildman–Crippen LogP) is 3.85. The molecule has 5 heteroatoms. The zero-order chi connectivity index (χ0) is 15.9. The Morgan fingerprint density at radius 2 is 2.23 bits per heavy atom. The van der Waals surface area contributed by atoms with Crippen molar-refractivity contribution in [2.75, 3.05) is 13.6 Å². The van der Waals surface area contributed by atoms with Gasteiger partial charge in [0.2, 0.25) is 0 Å². The normalized spacial score (nSPS) is 17.4. The predicted molar refractivity (Wildman–Crippen MR) is 87.7 cm³/mol. The monoisotopic (exact) mass is 318 g/mol. The van der Waals surface area contributed by atoms with Crippen LogP contribution in [0.25, 0.3) is 0 Å². The van der Waals surface area contributed by atoms with Crippen molar-refractivity contribution in [3.05, 3.63) is 38.7 Å². The van der Waals surface area contributed by atoms with Crippen LogP contribution in [0.5, 0.6) is 0 Å². The minimum absolute atomic E-state index is 0.0356. The fraction of sp³-hybridized carbons (Fsp3) is 0.529. The van der Waals surface area contributed by atoms with Crippen LogP contribution in [0.1, 0.15) is 56.2 Å². The number of furan rings is 1. The van der Waals surface area contributed by atoms with Crippen molar-refractivity contribution >= 4 is 17.2 Å². The van der Waals surface area contributed by atoms with E-state index in [1.54, 1.807) is 11.3 Å². The van der Waals surface area contributed by atoms with Crippen LogP contribution >= 0.6 is 11.3 Å². The van der Waals surface area contributed by atoms with E-state index in [1.165, 1.54) is 17.0 Å². The lowest BCUT2D eigenvalue weighted by atomic mass is 9.90. The number of aromatic nitrogens is 1. The first kappa shape index (κ1) is 15.3. The Morgan fingerprint density at radius 3 is 2.91 bits per heavy atom. The standard InChI is InChI=1S/C17H22N2O2S/c1-10-8-14(11(2)21-10)17(20)19(4)9-13-6-5-7-15-16(13)18-12(3)22-15/h8,13H,5-7,9H2,1-4H3/t13-/m0/s1. The zero-order valence-electron chi connectivity index (χ0n) is 13.6. The first-order valence-corrected chi connectivity index (χ1v) is 8.56. The molecule has 2 aromatic rings. The fourth-order valence-corrected chi connectivity index (χ4v) is 4.33. The van der Waals surface area contributed by atoms with E-state index in [0.29, 0.717) is 17.2 Å². The largest absolute Gasteiger partial charge is 0.466 e. The maximum absolute atomic E-state index is 12.6. The van der Waals surface area contributed by atoms with E-state index >= 15 is 0 Å². The minimum Gasteiger partial charge on any atom is -0.466 e. The topological polar surface area (TPSA) is 46.3 Å². The van der Waals surface area contributed by atoms with Crippen molar-refractivity contribution in [2.24, 2.45) is 0 Å². The summed E-state index contributed by atoms with van der Waals surface area (Å²) in [5.74, 6) is 1.87. The zero-order valence-corrected chi connectivity index (χ0v) is 14.4. The number of likely N-dealkylation sites (N-methyl/N-ethyl adjacent to an activating group) is 1. The molecule has 0 N–H and O–H groups in total. The van der Waals surface area contributed by atoms with Crippen LogP contribution < -0.4 is 0 Å². The molecule has 4 nitrogen and oxygen atoms in total. The van der Waals surface area contributed by atoms with Gasteiger partial charge in [0.05, 0.1) is 16.3 Å². The van der Waals surface area contributed by atoms with Gasteiger partial charge in [0, 0.05) is 24.4 Å². The van der Waals surface area contributed by atoms with Gasteiger partial charge in [-0.1, -0.05) is 0 Å². The summed E-state index contributed by atoms with van der Waals surface area (Å²) in [7, 11) is 1.87. The molecule has 0 spiro atoms. The molecule has 1 aliphatic rings.